The summed E-state index contributed by atoms with van der Waals surface area (Å²) in [5.74, 6) is -0.327. The molecular weight excluding hydrogens is 376 g/mol. The van der Waals surface area contributed by atoms with Gasteiger partial charge in [0.1, 0.15) is 0 Å². The standard InChI is InChI=1S/C21H26N2O4S/c1-2-6-16-10-12-18(13-11-16)28(25,26)23-20-9-4-3-8-19(20)21(24)22-15-17-7-5-14-27-17/h3-4,8-13,17,23H,2,5-7,14-15H2,1H3,(H,22,24)/t17-/m1/s1. The number of anilines is 1. The first-order chi connectivity index (χ1) is 13.5. The molecular formula is C21H26N2O4S. The minimum Gasteiger partial charge on any atom is -0.376 e. The summed E-state index contributed by atoms with van der Waals surface area (Å²) >= 11 is 0. The first kappa shape index (κ1) is 20.4. The summed E-state index contributed by atoms with van der Waals surface area (Å²) in [5, 5.41) is 2.83. The van der Waals surface area contributed by atoms with Crippen LogP contribution >= 0.6 is 0 Å². The minimum atomic E-state index is -3.79. The Labute approximate surface area is 166 Å². The summed E-state index contributed by atoms with van der Waals surface area (Å²) < 4.78 is 33.6. The third-order valence-corrected chi connectivity index (χ3v) is 6.08. The number of aryl methyl sites for hydroxylation is 1. The number of para-hydroxylation sites is 1. The smallest absolute Gasteiger partial charge is 0.261 e. The lowest BCUT2D eigenvalue weighted by atomic mass is 10.1. The van der Waals surface area contributed by atoms with E-state index in [9.17, 15) is 13.2 Å². The molecule has 2 aromatic carbocycles. The van der Waals surface area contributed by atoms with E-state index in [-0.39, 0.29) is 28.2 Å². The third-order valence-electron chi connectivity index (χ3n) is 4.70. The van der Waals surface area contributed by atoms with Crippen molar-refractivity contribution in [3.63, 3.8) is 0 Å². The van der Waals surface area contributed by atoms with Gasteiger partial charge in [0.2, 0.25) is 0 Å². The van der Waals surface area contributed by atoms with Crippen molar-refractivity contribution in [1.82, 2.24) is 5.32 Å². The second-order valence-electron chi connectivity index (χ2n) is 6.89. The molecule has 7 heteroatoms. The van der Waals surface area contributed by atoms with Crippen LogP contribution in [0.3, 0.4) is 0 Å². The van der Waals surface area contributed by atoms with Gasteiger partial charge in [-0.3, -0.25) is 9.52 Å². The molecule has 1 fully saturated rings. The van der Waals surface area contributed by atoms with Gasteiger partial charge in [-0.2, -0.15) is 0 Å². The first-order valence-electron chi connectivity index (χ1n) is 9.60. The van der Waals surface area contributed by atoms with Crippen LogP contribution in [-0.2, 0) is 21.2 Å². The number of rotatable bonds is 8. The predicted octanol–water partition coefficient (Wildman–Crippen LogP) is 3.35. The number of amides is 1. The molecule has 0 bridgehead atoms. The Kier molecular flexibility index (Phi) is 6.70. The number of carbonyl (C=O) groups is 1. The van der Waals surface area contributed by atoms with Gasteiger partial charge >= 0.3 is 0 Å². The Morgan fingerprint density at radius 1 is 1.14 bits per heavy atom. The third kappa shape index (κ3) is 5.11. The number of hydrogen-bond acceptors (Lipinski definition) is 4. The van der Waals surface area contributed by atoms with Crippen LogP contribution in [0.1, 0.15) is 42.1 Å². The largest absolute Gasteiger partial charge is 0.376 e. The molecule has 1 aliphatic heterocycles. The molecule has 1 atom stereocenters. The predicted molar refractivity (Wildman–Crippen MR) is 109 cm³/mol. The maximum absolute atomic E-state index is 12.7. The highest BCUT2D eigenvalue weighted by molar-refractivity contribution is 7.92. The number of sulfonamides is 1. The average molecular weight is 403 g/mol. The van der Waals surface area contributed by atoms with Gasteiger partial charge in [0.05, 0.1) is 22.3 Å². The van der Waals surface area contributed by atoms with Crippen LogP contribution in [0.5, 0.6) is 0 Å². The van der Waals surface area contributed by atoms with E-state index in [4.69, 9.17) is 4.74 Å². The highest BCUT2D eigenvalue weighted by Gasteiger charge is 2.20. The van der Waals surface area contributed by atoms with E-state index >= 15 is 0 Å². The molecule has 2 aromatic rings. The number of ether oxygens (including phenoxy) is 1. The van der Waals surface area contributed by atoms with Crippen LogP contribution in [-0.4, -0.2) is 33.6 Å². The fourth-order valence-electron chi connectivity index (χ4n) is 3.20. The molecule has 0 aliphatic carbocycles. The number of nitrogens with one attached hydrogen (secondary N) is 2. The van der Waals surface area contributed by atoms with Crippen molar-refractivity contribution in [1.29, 1.82) is 0 Å². The fourth-order valence-corrected chi connectivity index (χ4v) is 4.28. The Morgan fingerprint density at radius 3 is 2.57 bits per heavy atom. The van der Waals surface area contributed by atoms with Gasteiger partial charge in [-0.15, -0.1) is 0 Å². The lowest BCUT2D eigenvalue weighted by Gasteiger charge is -2.14. The van der Waals surface area contributed by atoms with Crippen LogP contribution in [0.2, 0.25) is 0 Å². The van der Waals surface area contributed by atoms with Gasteiger partial charge in [0.15, 0.2) is 0 Å². The summed E-state index contributed by atoms with van der Waals surface area (Å²) in [4.78, 5) is 12.7. The van der Waals surface area contributed by atoms with Crippen molar-refractivity contribution in [3.8, 4) is 0 Å². The Hall–Kier alpha value is -2.38. The lowest BCUT2D eigenvalue weighted by Crippen LogP contribution is -2.32. The molecule has 28 heavy (non-hydrogen) atoms. The Balaban J connectivity index is 1.73. The van der Waals surface area contributed by atoms with Gasteiger partial charge in [0, 0.05) is 13.2 Å². The van der Waals surface area contributed by atoms with E-state index in [0.717, 1.165) is 31.2 Å². The van der Waals surface area contributed by atoms with Crippen LogP contribution in [0.4, 0.5) is 5.69 Å². The maximum Gasteiger partial charge on any atom is 0.261 e. The maximum atomic E-state index is 12.7. The molecule has 0 saturated carbocycles. The highest BCUT2D eigenvalue weighted by Crippen LogP contribution is 2.21. The van der Waals surface area contributed by atoms with Crippen molar-refractivity contribution in [2.24, 2.45) is 0 Å². The van der Waals surface area contributed by atoms with E-state index in [1.165, 1.54) is 0 Å². The zero-order chi connectivity index (χ0) is 20.0. The average Bonchev–Trinajstić information content (AvgIpc) is 3.21. The molecule has 0 unspecified atom stereocenters. The summed E-state index contributed by atoms with van der Waals surface area (Å²) in [6.45, 7) is 3.21. The van der Waals surface area contributed by atoms with Crippen LogP contribution in [0.25, 0.3) is 0 Å². The van der Waals surface area contributed by atoms with Crippen molar-refractivity contribution < 1.29 is 17.9 Å². The monoisotopic (exact) mass is 402 g/mol. The number of hydrogen-bond donors (Lipinski definition) is 2. The van der Waals surface area contributed by atoms with Crippen molar-refractivity contribution in [2.75, 3.05) is 17.9 Å². The van der Waals surface area contributed by atoms with Crippen LogP contribution < -0.4 is 10.0 Å². The molecule has 2 N–H and O–H groups in total. The van der Waals surface area contributed by atoms with Gasteiger partial charge in [-0.05, 0) is 49.1 Å². The molecule has 3 rings (SSSR count). The van der Waals surface area contributed by atoms with Crippen molar-refractivity contribution in [3.05, 3.63) is 59.7 Å². The topological polar surface area (TPSA) is 84.5 Å². The second-order valence-corrected chi connectivity index (χ2v) is 8.57. The van der Waals surface area contributed by atoms with Crippen LogP contribution in [0.15, 0.2) is 53.4 Å². The summed E-state index contributed by atoms with van der Waals surface area (Å²) in [6, 6.07) is 13.4. The van der Waals surface area contributed by atoms with Gasteiger partial charge < -0.3 is 10.1 Å². The molecule has 1 heterocycles. The van der Waals surface area contributed by atoms with E-state index in [2.05, 4.69) is 17.0 Å². The zero-order valence-corrected chi connectivity index (χ0v) is 16.8. The molecule has 150 valence electrons. The molecule has 0 radical (unpaired) electrons. The Morgan fingerprint density at radius 2 is 1.89 bits per heavy atom. The summed E-state index contributed by atoms with van der Waals surface area (Å²) in [6.07, 6.45) is 3.84. The van der Waals surface area contributed by atoms with Crippen molar-refractivity contribution in [2.45, 2.75) is 43.6 Å². The lowest BCUT2D eigenvalue weighted by molar-refractivity contribution is 0.0858. The Bertz CT molecular complexity index is 904. The highest BCUT2D eigenvalue weighted by atomic mass is 32.2. The summed E-state index contributed by atoms with van der Waals surface area (Å²) in [7, 11) is -3.79. The molecule has 0 spiro atoms. The zero-order valence-electron chi connectivity index (χ0n) is 16.0. The first-order valence-corrected chi connectivity index (χ1v) is 11.1. The SMILES string of the molecule is CCCc1ccc(S(=O)(=O)Nc2ccccc2C(=O)NC[C@H]2CCCO2)cc1. The fraction of sp³-hybridized carbons (Fsp3) is 0.381. The summed E-state index contributed by atoms with van der Waals surface area (Å²) in [5.41, 5.74) is 1.63. The molecule has 1 amide bonds. The molecule has 6 nitrogen and oxygen atoms in total. The number of benzene rings is 2. The van der Waals surface area contributed by atoms with Gasteiger partial charge in [-0.1, -0.05) is 37.6 Å². The van der Waals surface area contributed by atoms with Gasteiger partial charge in [-0.25, -0.2) is 8.42 Å². The second kappa shape index (κ2) is 9.21. The van der Waals surface area contributed by atoms with E-state index in [0.29, 0.717) is 13.2 Å². The van der Waals surface area contributed by atoms with Gasteiger partial charge in [0.25, 0.3) is 15.9 Å². The number of carbonyl (C=O) groups excluding carboxylic acids is 1. The normalized spacial score (nSPS) is 16.7. The molecule has 1 aliphatic rings. The van der Waals surface area contributed by atoms with E-state index in [1.54, 1.807) is 36.4 Å². The molecule has 0 aromatic heterocycles. The van der Waals surface area contributed by atoms with Crippen molar-refractivity contribution >= 4 is 21.6 Å². The quantitative estimate of drug-likeness (QED) is 0.709. The molecule has 1 saturated heterocycles. The minimum absolute atomic E-state index is 0.0226. The van der Waals surface area contributed by atoms with E-state index in [1.807, 2.05) is 12.1 Å². The van der Waals surface area contributed by atoms with Crippen LogP contribution in [0, 0.1) is 0 Å². The van der Waals surface area contributed by atoms with E-state index < -0.39 is 10.0 Å².